The standard InChI is InChI=1S/C16H20Cl2N2/c1-3-15-10-16(20(2)19-15)9-13(11-17)7-12-5-4-6-14(18)8-12/h4-6,8,10,13H,3,7,9,11H2,1-2H3. The molecular weight excluding hydrogens is 291 g/mol. The van der Waals surface area contributed by atoms with Gasteiger partial charge in [0, 0.05) is 23.6 Å². The highest BCUT2D eigenvalue weighted by molar-refractivity contribution is 6.30. The van der Waals surface area contributed by atoms with E-state index in [4.69, 9.17) is 23.2 Å². The van der Waals surface area contributed by atoms with Gasteiger partial charge < -0.3 is 0 Å². The summed E-state index contributed by atoms with van der Waals surface area (Å²) < 4.78 is 1.97. The van der Waals surface area contributed by atoms with Crippen molar-refractivity contribution in [2.75, 3.05) is 5.88 Å². The van der Waals surface area contributed by atoms with Crippen molar-refractivity contribution >= 4 is 23.2 Å². The molecular formula is C16H20Cl2N2. The van der Waals surface area contributed by atoms with Crippen molar-refractivity contribution in [1.29, 1.82) is 0 Å². The molecule has 0 spiro atoms. The molecule has 1 aromatic heterocycles. The largest absolute Gasteiger partial charge is 0.272 e. The summed E-state index contributed by atoms with van der Waals surface area (Å²) in [5.74, 6) is 1.04. The van der Waals surface area contributed by atoms with E-state index in [9.17, 15) is 0 Å². The molecule has 0 aliphatic rings. The quantitative estimate of drug-likeness (QED) is 0.728. The van der Waals surface area contributed by atoms with Crippen LogP contribution in [0.1, 0.15) is 23.9 Å². The molecule has 0 fully saturated rings. The maximum atomic E-state index is 6.14. The molecule has 20 heavy (non-hydrogen) atoms. The number of alkyl halides is 1. The van der Waals surface area contributed by atoms with Gasteiger partial charge >= 0.3 is 0 Å². The predicted molar refractivity (Wildman–Crippen MR) is 85.7 cm³/mol. The summed E-state index contributed by atoms with van der Waals surface area (Å²) in [5, 5.41) is 5.27. The molecule has 0 amide bonds. The van der Waals surface area contributed by atoms with Gasteiger partial charge in [-0.15, -0.1) is 11.6 Å². The highest BCUT2D eigenvalue weighted by Crippen LogP contribution is 2.19. The maximum Gasteiger partial charge on any atom is 0.0624 e. The number of hydrogen-bond donors (Lipinski definition) is 0. The molecule has 0 radical (unpaired) electrons. The van der Waals surface area contributed by atoms with Crippen LogP contribution in [0.5, 0.6) is 0 Å². The fourth-order valence-electron chi connectivity index (χ4n) is 2.41. The van der Waals surface area contributed by atoms with Crippen LogP contribution in [0, 0.1) is 5.92 Å². The summed E-state index contributed by atoms with van der Waals surface area (Å²) in [4.78, 5) is 0. The molecule has 0 bridgehead atoms. The van der Waals surface area contributed by atoms with Crippen LogP contribution < -0.4 is 0 Å². The Morgan fingerprint density at radius 2 is 2.05 bits per heavy atom. The molecule has 0 N–H and O–H groups in total. The minimum atomic E-state index is 0.398. The van der Waals surface area contributed by atoms with E-state index in [-0.39, 0.29) is 0 Å². The first-order valence-corrected chi connectivity index (χ1v) is 7.85. The van der Waals surface area contributed by atoms with Crippen molar-refractivity contribution < 1.29 is 0 Å². The molecule has 1 aromatic carbocycles. The molecule has 1 atom stereocenters. The van der Waals surface area contributed by atoms with Crippen molar-refractivity contribution in [3.63, 3.8) is 0 Å². The Kier molecular flexibility index (Phi) is 5.50. The number of rotatable bonds is 6. The minimum absolute atomic E-state index is 0.398. The number of benzene rings is 1. The molecule has 1 unspecified atom stereocenters. The summed E-state index contributed by atoms with van der Waals surface area (Å²) in [6, 6.07) is 10.2. The average molecular weight is 311 g/mol. The highest BCUT2D eigenvalue weighted by atomic mass is 35.5. The van der Waals surface area contributed by atoms with Crippen LogP contribution in [-0.4, -0.2) is 15.7 Å². The molecule has 2 aromatic rings. The highest BCUT2D eigenvalue weighted by Gasteiger charge is 2.13. The lowest BCUT2D eigenvalue weighted by Crippen LogP contribution is -2.12. The molecule has 0 aliphatic heterocycles. The van der Waals surface area contributed by atoms with E-state index in [2.05, 4.69) is 24.2 Å². The van der Waals surface area contributed by atoms with E-state index in [1.54, 1.807) is 0 Å². The Balaban J connectivity index is 2.06. The van der Waals surface area contributed by atoms with Gasteiger partial charge in [0.1, 0.15) is 0 Å². The zero-order valence-corrected chi connectivity index (χ0v) is 13.5. The van der Waals surface area contributed by atoms with Gasteiger partial charge in [0.15, 0.2) is 0 Å². The van der Waals surface area contributed by atoms with E-state index < -0.39 is 0 Å². The number of halogens is 2. The lowest BCUT2D eigenvalue weighted by Gasteiger charge is -2.14. The van der Waals surface area contributed by atoms with Crippen LogP contribution in [0.15, 0.2) is 30.3 Å². The maximum absolute atomic E-state index is 6.14. The summed E-state index contributed by atoms with van der Waals surface area (Å²) >= 11 is 12.2. The van der Waals surface area contributed by atoms with Crippen molar-refractivity contribution in [1.82, 2.24) is 9.78 Å². The number of hydrogen-bond acceptors (Lipinski definition) is 1. The Bertz CT molecular complexity index is 563. The van der Waals surface area contributed by atoms with Crippen molar-refractivity contribution in [2.24, 2.45) is 13.0 Å². The van der Waals surface area contributed by atoms with E-state index in [0.29, 0.717) is 11.8 Å². The second-order valence-electron chi connectivity index (χ2n) is 5.16. The molecule has 2 rings (SSSR count). The smallest absolute Gasteiger partial charge is 0.0624 e. The third-order valence-corrected chi connectivity index (χ3v) is 4.19. The van der Waals surface area contributed by atoms with Gasteiger partial charge in [0.25, 0.3) is 0 Å². The van der Waals surface area contributed by atoms with Crippen LogP contribution in [0.4, 0.5) is 0 Å². The first kappa shape index (κ1) is 15.4. The summed E-state index contributed by atoms with van der Waals surface area (Å²) in [5.41, 5.74) is 3.62. The van der Waals surface area contributed by atoms with Gasteiger partial charge in [-0.05, 0) is 48.9 Å². The first-order valence-electron chi connectivity index (χ1n) is 6.94. The second-order valence-corrected chi connectivity index (χ2v) is 5.91. The first-order chi connectivity index (χ1) is 9.62. The predicted octanol–water partition coefficient (Wildman–Crippen LogP) is 4.28. The summed E-state index contributed by atoms with van der Waals surface area (Å²) in [6.07, 6.45) is 2.85. The van der Waals surface area contributed by atoms with E-state index in [0.717, 1.165) is 30.0 Å². The molecule has 2 nitrogen and oxygen atoms in total. The molecule has 0 saturated carbocycles. The van der Waals surface area contributed by atoms with E-state index in [1.807, 2.05) is 29.9 Å². The fraction of sp³-hybridized carbons (Fsp3) is 0.438. The molecule has 108 valence electrons. The van der Waals surface area contributed by atoms with Gasteiger partial charge in [0.05, 0.1) is 5.69 Å². The van der Waals surface area contributed by atoms with Crippen LogP contribution in [0.3, 0.4) is 0 Å². The van der Waals surface area contributed by atoms with Gasteiger partial charge in [-0.25, -0.2) is 0 Å². The lowest BCUT2D eigenvalue weighted by molar-refractivity contribution is 0.551. The zero-order chi connectivity index (χ0) is 14.5. The van der Waals surface area contributed by atoms with Crippen molar-refractivity contribution in [3.8, 4) is 0 Å². The average Bonchev–Trinajstić information content (AvgIpc) is 2.78. The lowest BCUT2D eigenvalue weighted by atomic mass is 9.96. The van der Waals surface area contributed by atoms with Gasteiger partial charge in [-0.3, -0.25) is 4.68 Å². The monoisotopic (exact) mass is 310 g/mol. The Morgan fingerprint density at radius 3 is 2.65 bits per heavy atom. The Hall–Kier alpha value is -0.990. The van der Waals surface area contributed by atoms with Crippen LogP contribution >= 0.6 is 23.2 Å². The molecule has 0 saturated heterocycles. The summed E-state index contributed by atoms with van der Waals surface area (Å²) in [7, 11) is 2.00. The third-order valence-electron chi connectivity index (χ3n) is 3.52. The number of nitrogens with zero attached hydrogens (tertiary/aromatic N) is 2. The van der Waals surface area contributed by atoms with E-state index in [1.165, 1.54) is 11.3 Å². The van der Waals surface area contributed by atoms with Gasteiger partial charge in [-0.2, -0.15) is 5.10 Å². The van der Waals surface area contributed by atoms with E-state index >= 15 is 0 Å². The van der Waals surface area contributed by atoms with Crippen LogP contribution in [-0.2, 0) is 26.3 Å². The molecule has 4 heteroatoms. The normalized spacial score (nSPS) is 12.6. The molecule has 1 heterocycles. The zero-order valence-electron chi connectivity index (χ0n) is 11.9. The van der Waals surface area contributed by atoms with Crippen LogP contribution in [0.25, 0.3) is 0 Å². The molecule has 0 aliphatic carbocycles. The fourth-order valence-corrected chi connectivity index (χ4v) is 2.84. The number of aryl methyl sites for hydroxylation is 2. The number of aromatic nitrogens is 2. The minimum Gasteiger partial charge on any atom is -0.272 e. The SMILES string of the molecule is CCc1cc(CC(CCl)Cc2cccc(Cl)c2)n(C)n1. The topological polar surface area (TPSA) is 17.8 Å². The van der Waals surface area contributed by atoms with Gasteiger partial charge in [-0.1, -0.05) is 30.7 Å². The second kappa shape index (κ2) is 7.14. The van der Waals surface area contributed by atoms with Crippen LogP contribution in [0.2, 0.25) is 5.02 Å². The summed E-state index contributed by atoms with van der Waals surface area (Å²) in [6.45, 7) is 2.12. The Morgan fingerprint density at radius 1 is 1.25 bits per heavy atom. The van der Waals surface area contributed by atoms with Crippen molar-refractivity contribution in [2.45, 2.75) is 26.2 Å². The third kappa shape index (κ3) is 4.00. The van der Waals surface area contributed by atoms with Gasteiger partial charge in [0.2, 0.25) is 0 Å². The van der Waals surface area contributed by atoms with Crippen molar-refractivity contribution in [3.05, 3.63) is 52.3 Å². The Labute approximate surface area is 130 Å².